The van der Waals surface area contributed by atoms with Crippen LogP contribution in [0.3, 0.4) is 0 Å². The molecule has 0 aliphatic carbocycles. The Morgan fingerprint density at radius 1 is 1.32 bits per heavy atom. The van der Waals surface area contributed by atoms with E-state index in [0.29, 0.717) is 21.5 Å². The molecule has 1 heterocycles. The van der Waals surface area contributed by atoms with Gasteiger partial charge in [-0.2, -0.15) is 0 Å². The monoisotopic (exact) mass is 299 g/mol. The van der Waals surface area contributed by atoms with Crippen LogP contribution in [0.1, 0.15) is 24.2 Å². The van der Waals surface area contributed by atoms with Gasteiger partial charge in [0.2, 0.25) is 0 Å². The Morgan fingerprint density at radius 2 is 1.95 bits per heavy atom. The normalized spacial score (nSPS) is 12.8. The number of aromatic amines is 1. The first-order chi connectivity index (χ1) is 8.66. The van der Waals surface area contributed by atoms with E-state index in [1.807, 2.05) is 0 Å². The molecule has 4 nitrogen and oxygen atoms in total. The Hall–Kier alpha value is -1.33. The summed E-state index contributed by atoms with van der Waals surface area (Å²) in [5, 5.41) is 1.13. The van der Waals surface area contributed by atoms with Crippen LogP contribution in [0.5, 0.6) is 0 Å². The van der Waals surface area contributed by atoms with E-state index in [4.69, 9.17) is 11.6 Å². The molecule has 0 spiro atoms. The number of halogens is 1. The van der Waals surface area contributed by atoms with Crippen LogP contribution in [-0.2, 0) is 9.84 Å². The number of hydrogen-bond acceptors (Lipinski definition) is 3. The second-order valence-electron chi connectivity index (χ2n) is 4.98. The lowest BCUT2D eigenvalue weighted by Crippen LogP contribution is -2.39. The zero-order chi connectivity index (χ0) is 14.4. The third kappa shape index (κ3) is 2.17. The van der Waals surface area contributed by atoms with Gasteiger partial charge < -0.3 is 4.98 Å². The minimum Gasteiger partial charge on any atom is -0.359 e. The van der Waals surface area contributed by atoms with Gasteiger partial charge in [-0.05, 0) is 19.9 Å². The third-order valence-electron chi connectivity index (χ3n) is 3.38. The van der Waals surface area contributed by atoms with Crippen LogP contribution in [0.4, 0.5) is 0 Å². The minimum atomic E-state index is -3.50. The predicted octanol–water partition coefficient (Wildman–Crippen LogP) is 2.83. The van der Waals surface area contributed by atoms with Gasteiger partial charge in [0.15, 0.2) is 15.6 Å². The average molecular weight is 300 g/mol. The highest BCUT2D eigenvalue weighted by Crippen LogP contribution is 2.29. The maximum atomic E-state index is 12.5. The van der Waals surface area contributed by atoms with Gasteiger partial charge in [-0.1, -0.05) is 23.7 Å². The Kier molecular flexibility index (Phi) is 3.23. The Bertz CT molecular complexity index is 759. The number of Topliss-reactive ketones (excluding diaryl/α,β-unsaturated/α-hetero) is 1. The van der Waals surface area contributed by atoms with Crippen molar-refractivity contribution in [2.24, 2.45) is 0 Å². The maximum Gasteiger partial charge on any atom is 0.185 e. The fraction of sp³-hybridized carbons (Fsp3) is 0.308. The van der Waals surface area contributed by atoms with Crippen LogP contribution < -0.4 is 0 Å². The molecule has 0 aliphatic heterocycles. The molecular formula is C13H14ClNO3S. The summed E-state index contributed by atoms with van der Waals surface area (Å²) in [7, 11) is -3.50. The SMILES string of the molecule is CC(C)(C(=O)c1c[nH]c2c(Cl)cccc12)S(C)(=O)=O. The molecule has 1 N–H and O–H groups in total. The summed E-state index contributed by atoms with van der Waals surface area (Å²) in [5.41, 5.74) is 0.977. The smallest absolute Gasteiger partial charge is 0.185 e. The summed E-state index contributed by atoms with van der Waals surface area (Å²) in [5.74, 6) is -0.441. The molecule has 0 bridgehead atoms. The van der Waals surface area contributed by atoms with Gasteiger partial charge in [0.25, 0.3) is 0 Å². The van der Waals surface area contributed by atoms with Gasteiger partial charge >= 0.3 is 0 Å². The molecule has 0 radical (unpaired) electrons. The molecule has 6 heteroatoms. The van der Waals surface area contributed by atoms with Gasteiger partial charge in [0.1, 0.15) is 4.75 Å². The lowest BCUT2D eigenvalue weighted by atomic mass is 10.00. The quantitative estimate of drug-likeness (QED) is 0.886. The zero-order valence-electron chi connectivity index (χ0n) is 10.8. The van der Waals surface area contributed by atoms with Crippen molar-refractivity contribution < 1.29 is 13.2 Å². The second kappa shape index (κ2) is 4.35. The summed E-state index contributed by atoms with van der Waals surface area (Å²) in [6.45, 7) is 2.82. The number of rotatable bonds is 3. The number of carbonyl (C=O) groups is 1. The van der Waals surface area contributed by atoms with Crippen LogP contribution in [0.15, 0.2) is 24.4 Å². The topological polar surface area (TPSA) is 67.0 Å². The van der Waals surface area contributed by atoms with E-state index in [1.165, 1.54) is 20.0 Å². The molecular weight excluding hydrogens is 286 g/mol. The lowest BCUT2D eigenvalue weighted by molar-refractivity contribution is 0.0956. The van der Waals surface area contributed by atoms with E-state index in [9.17, 15) is 13.2 Å². The predicted molar refractivity (Wildman–Crippen MR) is 76.6 cm³/mol. The molecule has 0 fully saturated rings. The number of ketones is 1. The van der Waals surface area contributed by atoms with Crippen molar-refractivity contribution in [3.05, 3.63) is 35.0 Å². The number of nitrogens with one attached hydrogen (secondary N) is 1. The van der Waals surface area contributed by atoms with Crippen molar-refractivity contribution in [3.8, 4) is 0 Å². The van der Waals surface area contributed by atoms with E-state index in [2.05, 4.69) is 4.98 Å². The molecule has 1 aromatic carbocycles. The summed E-state index contributed by atoms with van der Waals surface area (Å²) in [4.78, 5) is 15.4. The Labute approximate surface area is 116 Å². The fourth-order valence-electron chi connectivity index (χ4n) is 1.80. The molecule has 19 heavy (non-hydrogen) atoms. The number of sulfone groups is 1. The number of hydrogen-bond donors (Lipinski definition) is 1. The molecule has 2 rings (SSSR count). The van der Waals surface area contributed by atoms with E-state index in [0.717, 1.165) is 6.26 Å². The van der Waals surface area contributed by atoms with E-state index >= 15 is 0 Å². The van der Waals surface area contributed by atoms with E-state index in [1.54, 1.807) is 18.2 Å². The van der Waals surface area contributed by atoms with Crippen LogP contribution in [0.2, 0.25) is 5.02 Å². The molecule has 1 aromatic heterocycles. The highest BCUT2D eigenvalue weighted by atomic mass is 35.5. The van der Waals surface area contributed by atoms with Gasteiger partial charge in [-0.25, -0.2) is 8.42 Å². The van der Waals surface area contributed by atoms with Gasteiger partial charge in [0.05, 0.1) is 10.5 Å². The summed E-state index contributed by atoms with van der Waals surface area (Å²) < 4.78 is 22.0. The van der Waals surface area contributed by atoms with Crippen molar-refractivity contribution in [2.75, 3.05) is 6.26 Å². The first-order valence-corrected chi connectivity index (χ1v) is 7.93. The van der Waals surface area contributed by atoms with Crippen molar-refractivity contribution in [1.29, 1.82) is 0 Å². The second-order valence-corrected chi connectivity index (χ2v) is 7.95. The van der Waals surface area contributed by atoms with Gasteiger partial charge in [0, 0.05) is 23.4 Å². The average Bonchev–Trinajstić information content (AvgIpc) is 2.71. The van der Waals surface area contributed by atoms with Crippen molar-refractivity contribution in [2.45, 2.75) is 18.6 Å². The number of H-pyrrole nitrogens is 1. The van der Waals surface area contributed by atoms with Crippen molar-refractivity contribution in [1.82, 2.24) is 4.98 Å². The first-order valence-electron chi connectivity index (χ1n) is 5.66. The third-order valence-corrected chi connectivity index (χ3v) is 5.74. The highest BCUT2D eigenvalue weighted by molar-refractivity contribution is 7.92. The number of para-hydroxylation sites is 1. The van der Waals surface area contributed by atoms with Crippen molar-refractivity contribution >= 4 is 38.1 Å². The molecule has 0 unspecified atom stereocenters. The molecule has 0 aliphatic rings. The molecule has 102 valence electrons. The molecule has 0 saturated carbocycles. The lowest BCUT2D eigenvalue weighted by Gasteiger charge is -2.20. The molecule has 0 atom stereocenters. The maximum absolute atomic E-state index is 12.5. The standard InChI is InChI=1S/C13H14ClNO3S/c1-13(2,19(3,17)18)12(16)9-7-15-11-8(9)5-4-6-10(11)14/h4-7,15H,1-3H3. The van der Waals surface area contributed by atoms with Crippen molar-refractivity contribution in [3.63, 3.8) is 0 Å². The number of aromatic nitrogens is 1. The Morgan fingerprint density at radius 3 is 2.53 bits per heavy atom. The van der Waals surface area contributed by atoms with Crippen LogP contribution >= 0.6 is 11.6 Å². The Balaban J connectivity index is 2.64. The molecule has 2 aromatic rings. The summed E-state index contributed by atoms with van der Waals surface area (Å²) >= 11 is 6.02. The van der Waals surface area contributed by atoms with Gasteiger partial charge in [-0.15, -0.1) is 0 Å². The molecule has 0 amide bonds. The number of benzene rings is 1. The minimum absolute atomic E-state index is 0.341. The van der Waals surface area contributed by atoms with Crippen LogP contribution in [-0.4, -0.2) is 30.2 Å². The highest BCUT2D eigenvalue weighted by Gasteiger charge is 2.39. The van der Waals surface area contributed by atoms with Gasteiger partial charge in [-0.3, -0.25) is 4.79 Å². The van der Waals surface area contributed by atoms with E-state index in [-0.39, 0.29) is 0 Å². The molecule has 0 saturated heterocycles. The van der Waals surface area contributed by atoms with E-state index < -0.39 is 20.4 Å². The largest absolute Gasteiger partial charge is 0.359 e. The van der Waals surface area contributed by atoms with Crippen LogP contribution in [0.25, 0.3) is 10.9 Å². The summed E-state index contributed by atoms with van der Waals surface area (Å²) in [6.07, 6.45) is 2.57. The number of fused-ring (bicyclic) bond motifs is 1. The summed E-state index contributed by atoms with van der Waals surface area (Å²) in [6, 6.07) is 5.17. The van der Waals surface area contributed by atoms with Crippen LogP contribution in [0, 0.1) is 0 Å². The fourth-order valence-corrected chi connectivity index (χ4v) is 2.47. The number of carbonyl (C=O) groups excluding carboxylic acids is 1. The first kappa shape index (κ1) is 14.1. The zero-order valence-corrected chi connectivity index (χ0v) is 12.4.